The van der Waals surface area contributed by atoms with Crippen LogP contribution in [0.15, 0.2) is 18.2 Å². The number of ether oxygens (including phenoxy) is 1. The second kappa shape index (κ2) is 7.85. The van der Waals surface area contributed by atoms with E-state index in [0.717, 1.165) is 0 Å². The van der Waals surface area contributed by atoms with E-state index in [4.69, 9.17) is 33.2 Å². The van der Waals surface area contributed by atoms with Gasteiger partial charge >= 0.3 is 0 Å². The number of aliphatic hydroxyl groups excluding tert-OH is 1. The summed E-state index contributed by atoms with van der Waals surface area (Å²) in [5, 5.41) is 20.9. The predicted molar refractivity (Wildman–Crippen MR) is 71.2 cm³/mol. The summed E-state index contributed by atoms with van der Waals surface area (Å²) in [5.41, 5.74) is 0. The maximum Gasteiger partial charge on any atom is 0.234 e. The smallest absolute Gasteiger partial charge is 0.234 e. The van der Waals surface area contributed by atoms with Crippen LogP contribution in [0.25, 0.3) is 0 Å². The van der Waals surface area contributed by atoms with Gasteiger partial charge in [-0.2, -0.15) is 5.26 Å². The molecule has 1 atom stereocenters. The zero-order valence-electron chi connectivity index (χ0n) is 9.90. The Kier molecular flexibility index (Phi) is 6.43. The number of nitrogens with zero attached hydrogens (tertiary/aromatic N) is 1. The molecule has 19 heavy (non-hydrogen) atoms. The maximum absolute atomic E-state index is 11.0. The lowest BCUT2D eigenvalue weighted by atomic mass is 10.3. The zero-order chi connectivity index (χ0) is 14.3. The summed E-state index contributed by atoms with van der Waals surface area (Å²) in [6.45, 7) is -0.0500. The molecule has 0 aliphatic carbocycles. The van der Waals surface area contributed by atoms with E-state index < -0.39 is 12.0 Å². The van der Waals surface area contributed by atoms with Crippen LogP contribution in [-0.2, 0) is 4.79 Å². The number of halogens is 2. The van der Waals surface area contributed by atoms with Gasteiger partial charge in [-0.25, -0.2) is 0 Å². The summed E-state index contributed by atoms with van der Waals surface area (Å²) in [4.78, 5) is 11.0. The van der Waals surface area contributed by atoms with Crippen LogP contribution in [0.4, 0.5) is 0 Å². The highest BCUT2D eigenvalue weighted by Gasteiger charge is 2.10. The maximum atomic E-state index is 11.0. The Morgan fingerprint density at radius 2 is 2.26 bits per heavy atom. The average Bonchev–Trinajstić information content (AvgIpc) is 2.38. The molecule has 102 valence electrons. The molecule has 2 N–H and O–H groups in total. The monoisotopic (exact) mass is 302 g/mol. The van der Waals surface area contributed by atoms with E-state index in [-0.39, 0.29) is 24.6 Å². The molecule has 0 aliphatic heterocycles. The van der Waals surface area contributed by atoms with E-state index in [2.05, 4.69) is 5.32 Å². The van der Waals surface area contributed by atoms with E-state index in [0.29, 0.717) is 10.8 Å². The number of amides is 1. The topological polar surface area (TPSA) is 82.4 Å². The van der Waals surface area contributed by atoms with Crippen molar-refractivity contribution in [1.82, 2.24) is 5.32 Å². The van der Waals surface area contributed by atoms with E-state index in [1.807, 2.05) is 0 Å². The molecule has 1 aromatic rings. The normalized spacial score (nSPS) is 11.5. The molecule has 0 fully saturated rings. The highest BCUT2D eigenvalue weighted by atomic mass is 35.5. The largest absolute Gasteiger partial charge is 0.489 e. The van der Waals surface area contributed by atoms with Crippen molar-refractivity contribution >= 4 is 29.1 Å². The minimum atomic E-state index is -0.905. The van der Waals surface area contributed by atoms with Gasteiger partial charge in [-0.3, -0.25) is 4.79 Å². The fourth-order valence-corrected chi connectivity index (χ4v) is 1.55. The number of carbonyl (C=O) groups is 1. The van der Waals surface area contributed by atoms with E-state index in [1.54, 1.807) is 24.3 Å². The van der Waals surface area contributed by atoms with Gasteiger partial charge in [0.2, 0.25) is 5.91 Å². The molecule has 1 amide bonds. The first-order valence-electron chi connectivity index (χ1n) is 5.43. The summed E-state index contributed by atoms with van der Waals surface area (Å²) in [7, 11) is 0. The van der Waals surface area contributed by atoms with Crippen LogP contribution in [0.3, 0.4) is 0 Å². The molecule has 0 saturated carbocycles. The lowest BCUT2D eigenvalue weighted by molar-refractivity contribution is -0.120. The molecule has 0 radical (unpaired) electrons. The fraction of sp³-hybridized carbons (Fsp3) is 0.333. The molecule has 1 unspecified atom stereocenters. The summed E-state index contributed by atoms with van der Waals surface area (Å²) in [6.07, 6.45) is -1.15. The quantitative estimate of drug-likeness (QED) is 0.839. The van der Waals surface area contributed by atoms with Crippen molar-refractivity contribution in [1.29, 1.82) is 5.26 Å². The Labute approximate surface area is 120 Å². The van der Waals surface area contributed by atoms with Crippen molar-refractivity contribution in [2.75, 3.05) is 13.2 Å². The highest BCUT2D eigenvalue weighted by Crippen LogP contribution is 2.31. The summed E-state index contributed by atoms with van der Waals surface area (Å²) >= 11 is 11.7. The van der Waals surface area contributed by atoms with Gasteiger partial charge in [0.15, 0.2) is 0 Å². The molecule has 0 aromatic heterocycles. The molecular formula is C12H12Cl2N2O3. The number of nitrogens with one attached hydrogen (secondary N) is 1. The van der Waals surface area contributed by atoms with Gasteiger partial charge in [0.05, 0.1) is 11.1 Å². The molecule has 1 rings (SSSR count). The van der Waals surface area contributed by atoms with Crippen LogP contribution >= 0.6 is 23.2 Å². The van der Waals surface area contributed by atoms with Crippen molar-refractivity contribution < 1.29 is 14.6 Å². The molecule has 0 bridgehead atoms. The molecule has 0 saturated heterocycles. The van der Waals surface area contributed by atoms with Gasteiger partial charge in [-0.15, -0.1) is 0 Å². The van der Waals surface area contributed by atoms with Crippen LogP contribution < -0.4 is 10.1 Å². The Bertz CT molecular complexity index is 488. The van der Waals surface area contributed by atoms with E-state index in [1.165, 1.54) is 0 Å². The minimum absolute atomic E-state index is 0.00129. The lowest BCUT2D eigenvalue weighted by Crippen LogP contribution is -2.35. The van der Waals surface area contributed by atoms with Crippen molar-refractivity contribution in [2.24, 2.45) is 0 Å². The third kappa shape index (κ3) is 5.35. The van der Waals surface area contributed by atoms with E-state index in [9.17, 15) is 9.90 Å². The number of carbonyl (C=O) groups excluding carboxylic acids is 1. The number of aliphatic hydroxyl groups is 1. The van der Waals surface area contributed by atoms with Crippen molar-refractivity contribution in [3.05, 3.63) is 28.2 Å². The lowest BCUT2D eigenvalue weighted by Gasteiger charge is -2.14. The van der Waals surface area contributed by atoms with Crippen LogP contribution in [0, 0.1) is 11.3 Å². The third-order valence-electron chi connectivity index (χ3n) is 2.12. The second-order valence-corrected chi connectivity index (χ2v) is 4.44. The molecule has 0 aliphatic rings. The Balaban J connectivity index is 2.38. The molecule has 1 aromatic carbocycles. The number of hydrogen-bond acceptors (Lipinski definition) is 4. The van der Waals surface area contributed by atoms with Crippen LogP contribution in [0.2, 0.25) is 10.0 Å². The first-order chi connectivity index (χ1) is 9.04. The van der Waals surface area contributed by atoms with Crippen LogP contribution in [0.5, 0.6) is 5.75 Å². The summed E-state index contributed by atoms with van der Waals surface area (Å²) in [6, 6.07) is 6.62. The Hall–Kier alpha value is -1.48. The van der Waals surface area contributed by atoms with Crippen LogP contribution in [0.1, 0.15) is 6.42 Å². The van der Waals surface area contributed by atoms with Crippen molar-refractivity contribution in [3.63, 3.8) is 0 Å². The second-order valence-electron chi connectivity index (χ2n) is 3.66. The SMILES string of the molecule is N#CCC(=O)NCC(O)COc1cccc(Cl)c1Cl. The summed E-state index contributed by atoms with van der Waals surface area (Å²) in [5.74, 6) is -0.0843. The molecule has 7 heteroatoms. The number of rotatable bonds is 6. The third-order valence-corrected chi connectivity index (χ3v) is 2.92. The first kappa shape index (κ1) is 15.6. The fourth-order valence-electron chi connectivity index (χ4n) is 1.21. The predicted octanol–water partition coefficient (Wildman–Crippen LogP) is 1.76. The highest BCUT2D eigenvalue weighted by molar-refractivity contribution is 6.42. The molecule has 0 heterocycles. The zero-order valence-corrected chi connectivity index (χ0v) is 11.4. The Morgan fingerprint density at radius 1 is 1.53 bits per heavy atom. The van der Waals surface area contributed by atoms with Gasteiger partial charge in [0.25, 0.3) is 0 Å². The molecule has 5 nitrogen and oxygen atoms in total. The van der Waals surface area contributed by atoms with Gasteiger partial charge < -0.3 is 15.2 Å². The van der Waals surface area contributed by atoms with Crippen molar-refractivity contribution in [2.45, 2.75) is 12.5 Å². The molecular weight excluding hydrogens is 291 g/mol. The average molecular weight is 303 g/mol. The van der Waals surface area contributed by atoms with Gasteiger partial charge in [0, 0.05) is 6.54 Å². The van der Waals surface area contributed by atoms with E-state index >= 15 is 0 Å². The van der Waals surface area contributed by atoms with Crippen molar-refractivity contribution in [3.8, 4) is 11.8 Å². The number of nitriles is 1. The van der Waals surface area contributed by atoms with Gasteiger partial charge in [0.1, 0.15) is 29.9 Å². The minimum Gasteiger partial charge on any atom is -0.489 e. The Morgan fingerprint density at radius 3 is 2.95 bits per heavy atom. The number of benzene rings is 1. The van der Waals surface area contributed by atoms with Crippen LogP contribution in [-0.4, -0.2) is 30.3 Å². The number of hydrogen-bond donors (Lipinski definition) is 2. The summed E-state index contributed by atoms with van der Waals surface area (Å²) < 4.78 is 5.29. The standard InChI is InChI=1S/C12H12Cl2N2O3/c13-9-2-1-3-10(12(9)14)19-7-8(17)6-16-11(18)4-5-15/h1-3,8,17H,4,6-7H2,(H,16,18). The van der Waals surface area contributed by atoms with Gasteiger partial charge in [-0.05, 0) is 12.1 Å². The first-order valence-corrected chi connectivity index (χ1v) is 6.18. The molecule has 0 spiro atoms. The van der Waals surface area contributed by atoms with Gasteiger partial charge in [-0.1, -0.05) is 29.3 Å².